The number of ether oxygens (including phenoxy) is 4. The van der Waals surface area contributed by atoms with Crippen molar-refractivity contribution in [1.29, 1.82) is 0 Å². The van der Waals surface area contributed by atoms with Gasteiger partial charge in [-0.15, -0.1) is 0 Å². The van der Waals surface area contributed by atoms with Gasteiger partial charge in [-0.2, -0.15) is 0 Å². The average molecular weight is 407 g/mol. The maximum Gasteiger partial charge on any atom is 0.410 e. The van der Waals surface area contributed by atoms with E-state index >= 15 is 0 Å². The summed E-state index contributed by atoms with van der Waals surface area (Å²) in [7, 11) is 0. The van der Waals surface area contributed by atoms with Crippen molar-refractivity contribution in [3.8, 4) is 0 Å². The van der Waals surface area contributed by atoms with Crippen LogP contribution in [0.5, 0.6) is 0 Å². The van der Waals surface area contributed by atoms with Gasteiger partial charge in [-0.1, -0.05) is 30.3 Å². The molecule has 0 radical (unpaired) electrons. The first-order valence-electron chi connectivity index (χ1n) is 9.94. The highest BCUT2D eigenvalue weighted by atomic mass is 16.8. The molecular weight excluding hydrogens is 378 g/mol. The zero-order valence-corrected chi connectivity index (χ0v) is 17.1. The molecule has 0 aliphatic carbocycles. The number of benzene rings is 1. The molecule has 1 aromatic carbocycles. The smallest absolute Gasteiger partial charge is 0.410 e. The van der Waals surface area contributed by atoms with E-state index in [-0.39, 0.29) is 32.0 Å². The van der Waals surface area contributed by atoms with E-state index in [1.807, 2.05) is 30.3 Å². The van der Waals surface area contributed by atoms with Crippen molar-refractivity contribution >= 4 is 11.9 Å². The molecule has 2 saturated heterocycles. The van der Waals surface area contributed by atoms with E-state index in [9.17, 15) is 14.7 Å². The fraction of sp³-hybridized carbons (Fsp3) is 0.619. The van der Waals surface area contributed by atoms with Crippen LogP contribution in [-0.4, -0.2) is 71.8 Å². The van der Waals surface area contributed by atoms with Crippen molar-refractivity contribution in [3.05, 3.63) is 35.9 Å². The van der Waals surface area contributed by atoms with Crippen molar-refractivity contribution < 1.29 is 33.6 Å². The monoisotopic (exact) mass is 407 g/mol. The molecule has 2 heterocycles. The zero-order valence-electron chi connectivity index (χ0n) is 17.1. The topological polar surface area (TPSA) is 94.5 Å². The summed E-state index contributed by atoms with van der Waals surface area (Å²) < 4.78 is 22.6. The number of hydrogen-bond donors (Lipinski definition) is 1. The largest absolute Gasteiger partial charge is 0.450 e. The number of ketones is 1. The molecule has 1 amide bonds. The lowest BCUT2D eigenvalue weighted by molar-refractivity contribution is -0.162. The second-order valence-corrected chi connectivity index (χ2v) is 7.68. The van der Waals surface area contributed by atoms with Gasteiger partial charge in [-0.05, 0) is 26.3 Å². The third-order valence-corrected chi connectivity index (χ3v) is 5.04. The van der Waals surface area contributed by atoms with Crippen molar-refractivity contribution in [2.75, 3.05) is 19.8 Å². The van der Waals surface area contributed by atoms with Gasteiger partial charge in [0.05, 0.1) is 19.8 Å². The van der Waals surface area contributed by atoms with Gasteiger partial charge in [0, 0.05) is 13.0 Å². The first-order valence-corrected chi connectivity index (χ1v) is 9.94. The number of hydrogen-bond acceptors (Lipinski definition) is 7. The van der Waals surface area contributed by atoms with Crippen LogP contribution in [0.15, 0.2) is 30.3 Å². The predicted molar refractivity (Wildman–Crippen MR) is 103 cm³/mol. The number of carbonyl (C=O) groups is 2. The number of carbonyl (C=O) groups excluding carboxylic acids is 2. The number of likely N-dealkylation sites (tertiary alicyclic amines) is 1. The highest BCUT2D eigenvalue weighted by Gasteiger charge is 2.52. The molecule has 0 bridgehead atoms. The SMILES string of the molecule is CCOC(=O)N1CCC(=O)[C@H]1[C@H](O)[C@@H]1OC(C)(C)O[C@H]1COCc1ccccc1. The molecule has 8 heteroatoms. The van der Waals surface area contributed by atoms with Crippen LogP contribution in [-0.2, 0) is 30.3 Å². The molecule has 8 nitrogen and oxygen atoms in total. The summed E-state index contributed by atoms with van der Waals surface area (Å²) in [5.74, 6) is -1.16. The quantitative estimate of drug-likeness (QED) is 0.737. The van der Waals surface area contributed by atoms with Crippen molar-refractivity contribution in [2.45, 2.75) is 63.9 Å². The van der Waals surface area contributed by atoms with Crippen LogP contribution in [0.2, 0.25) is 0 Å². The van der Waals surface area contributed by atoms with E-state index in [2.05, 4.69) is 0 Å². The van der Waals surface area contributed by atoms with Crippen LogP contribution in [0.3, 0.4) is 0 Å². The highest BCUT2D eigenvalue weighted by molar-refractivity contribution is 5.91. The van der Waals surface area contributed by atoms with Crippen LogP contribution < -0.4 is 0 Å². The number of amides is 1. The van der Waals surface area contributed by atoms with E-state index in [0.29, 0.717) is 6.61 Å². The van der Waals surface area contributed by atoms with Crippen LogP contribution in [0.25, 0.3) is 0 Å². The lowest BCUT2D eigenvalue weighted by Gasteiger charge is -2.31. The molecule has 2 fully saturated rings. The Morgan fingerprint density at radius 1 is 1.31 bits per heavy atom. The minimum absolute atomic E-state index is 0.173. The Kier molecular flexibility index (Phi) is 6.89. The summed E-state index contributed by atoms with van der Waals surface area (Å²) in [6.45, 7) is 6.15. The second kappa shape index (κ2) is 9.21. The third-order valence-electron chi connectivity index (χ3n) is 5.04. The molecule has 2 aliphatic heterocycles. The number of aliphatic hydroxyl groups is 1. The van der Waals surface area contributed by atoms with E-state index in [0.717, 1.165) is 5.56 Å². The molecule has 160 valence electrons. The second-order valence-electron chi connectivity index (χ2n) is 7.68. The molecule has 4 atom stereocenters. The maximum absolute atomic E-state index is 12.4. The number of aliphatic hydroxyl groups excluding tert-OH is 1. The molecule has 0 saturated carbocycles. The molecular formula is C21H29NO7. The Bertz CT molecular complexity index is 708. The summed E-state index contributed by atoms with van der Waals surface area (Å²) in [6, 6.07) is 8.68. The third kappa shape index (κ3) is 5.14. The molecule has 0 aromatic heterocycles. The lowest BCUT2D eigenvalue weighted by Crippen LogP contribution is -2.53. The summed E-state index contributed by atoms with van der Waals surface area (Å²) in [6.07, 6.45) is -3.09. The van der Waals surface area contributed by atoms with Gasteiger partial charge in [0.25, 0.3) is 0 Å². The normalized spacial score (nSPS) is 27.2. The van der Waals surface area contributed by atoms with Gasteiger partial charge in [0.2, 0.25) is 0 Å². The molecule has 2 aliphatic rings. The van der Waals surface area contributed by atoms with Crippen molar-refractivity contribution in [3.63, 3.8) is 0 Å². The molecule has 0 unspecified atom stereocenters. The Morgan fingerprint density at radius 3 is 2.72 bits per heavy atom. The maximum atomic E-state index is 12.4. The first kappa shape index (κ1) is 21.7. The number of nitrogens with zero attached hydrogens (tertiary/aromatic N) is 1. The Labute approximate surface area is 170 Å². The van der Waals surface area contributed by atoms with Crippen LogP contribution >= 0.6 is 0 Å². The lowest BCUT2D eigenvalue weighted by atomic mass is 9.98. The number of Topliss-reactive ketones (excluding diaryl/α,β-unsaturated/α-hetero) is 1. The summed E-state index contributed by atoms with van der Waals surface area (Å²) >= 11 is 0. The van der Waals surface area contributed by atoms with E-state index < -0.39 is 36.2 Å². The van der Waals surface area contributed by atoms with Crippen molar-refractivity contribution in [1.82, 2.24) is 4.90 Å². The van der Waals surface area contributed by atoms with E-state index in [1.54, 1.807) is 20.8 Å². The summed E-state index contributed by atoms with van der Waals surface area (Å²) in [4.78, 5) is 25.9. The molecule has 0 spiro atoms. The summed E-state index contributed by atoms with van der Waals surface area (Å²) in [5, 5.41) is 11.0. The Hall–Kier alpha value is -2.00. The van der Waals surface area contributed by atoms with Gasteiger partial charge in [0.1, 0.15) is 24.4 Å². The van der Waals surface area contributed by atoms with Gasteiger partial charge < -0.3 is 24.1 Å². The zero-order chi connectivity index (χ0) is 21.0. The Balaban J connectivity index is 1.68. The molecule has 1 aromatic rings. The molecule has 1 N–H and O–H groups in total. The van der Waals surface area contributed by atoms with E-state index in [1.165, 1.54) is 4.90 Å². The molecule has 29 heavy (non-hydrogen) atoms. The number of rotatable bonds is 7. The van der Waals surface area contributed by atoms with Crippen molar-refractivity contribution in [2.24, 2.45) is 0 Å². The fourth-order valence-electron chi connectivity index (χ4n) is 3.81. The van der Waals surface area contributed by atoms with Crippen LogP contribution in [0.4, 0.5) is 4.79 Å². The van der Waals surface area contributed by atoms with Crippen LogP contribution in [0.1, 0.15) is 32.8 Å². The minimum atomic E-state index is -1.25. The van der Waals surface area contributed by atoms with Gasteiger partial charge >= 0.3 is 6.09 Å². The average Bonchev–Trinajstić information content (AvgIpc) is 3.21. The van der Waals surface area contributed by atoms with Gasteiger partial charge in [-0.25, -0.2) is 4.79 Å². The fourth-order valence-corrected chi connectivity index (χ4v) is 3.81. The Morgan fingerprint density at radius 2 is 2.03 bits per heavy atom. The molecule has 3 rings (SSSR count). The first-order chi connectivity index (χ1) is 13.8. The van der Waals surface area contributed by atoms with Gasteiger partial charge in [-0.3, -0.25) is 9.69 Å². The minimum Gasteiger partial charge on any atom is -0.450 e. The predicted octanol–water partition coefficient (Wildman–Crippen LogP) is 1.88. The van der Waals surface area contributed by atoms with Crippen LogP contribution in [0, 0.1) is 0 Å². The van der Waals surface area contributed by atoms with E-state index in [4.69, 9.17) is 18.9 Å². The standard InChI is InChI=1S/C21H29NO7/c1-4-27-20(25)22-11-10-15(23)17(22)18(24)19-16(28-21(2,3)29-19)13-26-12-14-8-6-5-7-9-14/h5-9,16-19,24H,4,10-13H2,1-3H3/t16-,17-,18-,19+/m0/s1. The van der Waals surface area contributed by atoms with Gasteiger partial charge in [0.15, 0.2) is 11.6 Å². The highest BCUT2D eigenvalue weighted by Crippen LogP contribution is 2.33. The summed E-state index contributed by atoms with van der Waals surface area (Å²) in [5.41, 5.74) is 1.02.